The van der Waals surface area contributed by atoms with Crippen LogP contribution in [0.25, 0.3) is 0 Å². The van der Waals surface area contributed by atoms with Crippen LogP contribution in [-0.4, -0.2) is 48.3 Å². The lowest BCUT2D eigenvalue weighted by molar-refractivity contribution is -0.134. The van der Waals surface area contributed by atoms with E-state index in [1.807, 2.05) is 12.1 Å². The highest BCUT2D eigenvalue weighted by atomic mass is 35.5. The molecule has 0 radical (unpaired) electrons. The fraction of sp³-hybridized carbons (Fsp3) is 0.350. The van der Waals surface area contributed by atoms with E-state index in [-0.39, 0.29) is 54.3 Å². The zero-order valence-electron chi connectivity index (χ0n) is 15.6. The Kier molecular flexibility index (Phi) is 7.90. The van der Waals surface area contributed by atoms with E-state index >= 15 is 0 Å². The molecule has 1 aromatic heterocycles. The Labute approximate surface area is 169 Å². The van der Waals surface area contributed by atoms with Crippen molar-refractivity contribution in [3.05, 3.63) is 59.7 Å². The average Bonchev–Trinajstić information content (AvgIpc) is 2.72. The number of hydrogen-bond donors (Lipinski definition) is 1. The summed E-state index contributed by atoms with van der Waals surface area (Å²) in [6.45, 7) is 1.93. The van der Waals surface area contributed by atoms with Gasteiger partial charge in [-0.2, -0.15) is 0 Å². The number of Topliss-reactive ketones (excluding diaryl/α,β-unsaturated/α-hetero) is 1. The summed E-state index contributed by atoms with van der Waals surface area (Å²) in [4.78, 5) is 31.0. The van der Waals surface area contributed by atoms with E-state index in [2.05, 4.69) is 10.3 Å². The number of piperazine rings is 1. The van der Waals surface area contributed by atoms with Gasteiger partial charge in [0.1, 0.15) is 0 Å². The molecular formula is C20H23ClFN3O3. The first-order valence-corrected chi connectivity index (χ1v) is 8.87. The van der Waals surface area contributed by atoms with E-state index in [4.69, 9.17) is 4.74 Å². The van der Waals surface area contributed by atoms with Gasteiger partial charge in [-0.05, 0) is 29.8 Å². The van der Waals surface area contributed by atoms with Gasteiger partial charge in [0.05, 0.1) is 13.2 Å². The van der Waals surface area contributed by atoms with Crippen molar-refractivity contribution in [2.24, 2.45) is 0 Å². The van der Waals surface area contributed by atoms with Crippen LogP contribution < -0.4 is 10.1 Å². The van der Waals surface area contributed by atoms with Crippen molar-refractivity contribution in [3.8, 4) is 5.75 Å². The Morgan fingerprint density at radius 2 is 2.14 bits per heavy atom. The van der Waals surface area contributed by atoms with Gasteiger partial charge in [-0.1, -0.05) is 6.07 Å². The summed E-state index contributed by atoms with van der Waals surface area (Å²) in [7, 11) is 1.37. The fourth-order valence-corrected chi connectivity index (χ4v) is 3.22. The average molecular weight is 408 g/mol. The molecule has 8 heteroatoms. The molecule has 3 rings (SSSR count). The molecule has 1 N–H and O–H groups in total. The van der Waals surface area contributed by atoms with Crippen molar-refractivity contribution >= 4 is 24.1 Å². The molecule has 0 bridgehead atoms. The van der Waals surface area contributed by atoms with E-state index in [9.17, 15) is 14.0 Å². The van der Waals surface area contributed by atoms with Crippen LogP contribution in [0.5, 0.6) is 5.75 Å². The molecule has 28 heavy (non-hydrogen) atoms. The van der Waals surface area contributed by atoms with Gasteiger partial charge in [-0.25, -0.2) is 4.39 Å². The number of methoxy groups -OCH3 is 1. The third-order valence-corrected chi connectivity index (χ3v) is 4.67. The van der Waals surface area contributed by atoms with E-state index in [1.54, 1.807) is 17.3 Å². The minimum atomic E-state index is -0.589. The van der Waals surface area contributed by atoms with Crippen LogP contribution in [0, 0.1) is 5.82 Å². The fourth-order valence-electron chi connectivity index (χ4n) is 3.22. The number of carbonyl (C=O) groups is 2. The summed E-state index contributed by atoms with van der Waals surface area (Å²) in [6, 6.07) is 7.75. The first-order valence-electron chi connectivity index (χ1n) is 8.87. The topological polar surface area (TPSA) is 71.5 Å². The molecule has 1 aliphatic heterocycles. The molecule has 1 saturated heterocycles. The van der Waals surface area contributed by atoms with Gasteiger partial charge < -0.3 is 15.0 Å². The summed E-state index contributed by atoms with van der Waals surface area (Å²) in [6.07, 6.45) is 3.57. The molecule has 1 aromatic carbocycles. The predicted octanol–water partition coefficient (Wildman–Crippen LogP) is 2.79. The van der Waals surface area contributed by atoms with Gasteiger partial charge >= 0.3 is 0 Å². The molecule has 2 heterocycles. The van der Waals surface area contributed by atoms with Gasteiger partial charge in [-0.15, -0.1) is 12.4 Å². The summed E-state index contributed by atoms with van der Waals surface area (Å²) >= 11 is 0. The summed E-state index contributed by atoms with van der Waals surface area (Å²) in [5.74, 6) is -0.859. The molecule has 1 atom stereocenters. The number of amides is 1. The number of hydrogen-bond acceptors (Lipinski definition) is 5. The van der Waals surface area contributed by atoms with Crippen LogP contribution in [0.1, 0.15) is 34.8 Å². The third-order valence-electron chi connectivity index (χ3n) is 4.67. The number of carbonyl (C=O) groups excluding carboxylic acids is 2. The van der Waals surface area contributed by atoms with Crippen molar-refractivity contribution < 1.29 is 18.7 Å². The van der Waals surface area contributed by atoms with E-state index in [0.717, 1.165) is 11.6 Å². The van der Waals surface area contributed by atoms with Crippen LogP contribution in [0.2, 0.25) is 0 Å². The molecule has 1 aliphatic rings. The van der Waals surface area contributed by atoms with Crippen LogP contribution in [-0.2, 0) is 4.79 Å². The summed E-state index contributed by atoms with van der Waals surface area (Å²) in [5, 5.41) is 3.28. The standard InChI is InChI=1S/C20H22FN3O3.ClH/c1-27-19-6-4-14(11-16(19)21)18(25)5-7-20(26)24-10-9-23-13-17(24)15-3-2-8-22-12-15;/h2-4,6,8,11-12,17,23H,5,7,9-10,13H2,1H3;1H. The minimum Gasteiger partial charge on any atom is -0.494 e. The first-order chi connectivity index (χ1) is 13.1. The molecule has 1 fully saturated rings. The Hall–Kier alpha value is -2.51. The van der Waals surface area contributed by atoms with E-state index < -0.39 is 5.82 Å². The number of ether oxygens (including phenoxy) is 1. The molecule has 6 nitrogen and oxygen atoms in total. The zero-order valence-corrected chi connectivity index (χ0v) is 16.4. The quantitative estimate of drug-likeness (QED) is 0.745. The number of nitrogens with one attached hydrogen (secondary N) is 1. The number of rotatable bonds is 6. The lowest BCUT2D eigenvalue weighted by Crippen LogP contribution is -2.48. The second-order valence-corrected chi connectivity index (χ2v) is 6.37. The maximum atomic E-state index is 13.8. The second-order valence-electron chi connectivity index (χ2n) is 6.37. The predicted molar refractivity (Wildman–Crippen MR) is 105 cm³/mol. The second kappa shape index (κ2) is 10.1. The molecule has 1 amide bonds. The Bertz CT molecular complexity index is 820. The van der Waals surface area contributed by atoms with Gasteiger partial charge in [-0.3, -0.25) is 14.6 Å². The van der Waals surface area contributed by atoms with Gasteiger partial charge in [0.2, 0.25) is 5.91 Å². The molecule has 0 saturated carbocycles. The van der Waals surface area contributed by atoms with Crippen molar-refractivity contribution in [2.75, 3.05) is 26.7 Å². The Balaban J connectivity index is 0.00000280. The van der Waals surface area contributed by atoms with Crippen molar-refractivity contribution in [1.82, 2.24) is 15.2 Å². The van der Waals surface area contributed by atoms with Crippen LogP contribution in [0.15, 0.2) is 42.7 Å². The van der Waals surface area contributed by atoms with E-state index in [0.29, 0.717) is 19.6 Å². The molecule has 2 aromatic rings. The van der Waals surface area contributed by atoms with Gasteiger partial charge in [0.25, 0.3) is 0 Å². The van der Waals surface area contributed by atoms with Crippen LogP contribution in [0.3, 0.4) is 0 Å². The van der Waals surface area contributed by atoms with Crippen molar-refractivity contribution in [2.45, 2.75) is 18.9 Å². The van der Waals surface area contributed by atoms with Gasteiger partial charge in [0.15, 0.2) is 17.3 Å². The number of aromatic nitrogens is 1. The highest BCUT2D eigenvalue weighted by molar-refractivity contribution is 5.98. The highest BCUT2D eigenvalue weighted by Crippen LogP contribution is 2.23. The largest absolute Gasteiger partial charge is 0.494 e. The summed E-state index contributed by atoms with van der Waals surface area (Å²) in [5.41, 5.74) is 1.20. The van der Waals surface area contributed by atoms with Crippen molar-refractivity contribution in [3.63, 3.8) is 0 Å². The Morgan fingerprint density at radius 1 is 1.32 bits per heavy atom. The summed E-state index contributed by atoms with van der Waals surface area (Å²) < 4.78 is 18.6. The molecule has 0 aliphatic carbocycles. The highest BCUT2D eigenvalue weighted by Gasteiger charge is 2.28. The zero-order chi connectivity index (χ0) is 19.2. The normalized spacial score (nSPS) is 16.2. The van der Waals surface area contributed by atoms with Crippen LogP contribution >= 0.6 is 12.4 Å². The lowest BCUT2D eigenvalue weighted by atomic mass is 10.0. The lowest BCUT2D eigenvalue weighted by Gasteiger charge is -2.36. The maximum Gasteiger partial charge on any atom is 0.223 e. The van der Waals surface area contributed by atoms with E-state index in [1.165, 1.54) is 19.2 Å². The minimum absolute atomic E-state index is 0. The number of nitrogens with zero attached hydrogens (tertiary/aromatic N) is 2. The molecular weight excluding hydrogens is 385 g/mol. The van der Waals surface area contributed by atoms with Crippen LogP contribution in [0.4, 0.5) is 4.39 Å². The number of pyridine rings is 1. The molecule has 0 spiro atoms. The van der Waals surface area contributed by atoms with Crippen molar-refractivity contribution in [1.29, 1.82) is 0 Å². The third kappa shape index (κ3) is 5.05. The number of halogens is 2. The Morgan fingerprint density at radius 3 is 2.82 bits per heavy atom. The molecule has 1 unspecified atom stereocenters. The monoisotopic (exact) mass is 407 g/mol. The SMILES string of the molecule is COc1ccc(C(=O)CCC(=O)N2CCNCC2c2cccnc2)cc1F.Cl. The van der Waals surface area contributed by atoms with Gasteiger partial charge in [0, 0.05) is 50.4 Å². The smallest absolute Gasteiger partial charge is 0.223 e. The number of benzene rings is 1. The maximum absolute atomic E-state index is 13.8. The molecule has 150 valence electrons. The number of ketones is 1. The first kappa shape index (κ1) is 21.8.